The number of hydrogen-bond acceptors (Lipinski definition) is 6. The Kier molecular flexibility index (Phi) is 3.96. The Labute approximate surface area is 109 Å². The van der Waals surface area contributed by atoms with Gasteiger partial charge in [0.2, 0.25) is 0 Å². The van der Waals surface area contributed by atoms with Crippen molar-refractivity contribution in [2.45, 2.75) is 19.0 Å². The summed E-state index contributed by atoms with van der Waals surface area (Å²) in [6, 6.07) is 3.51. The predicted octanol–water partition coefficient (Wildman–Crippen LogP) is 1.36. The number of nitrogens with one attached hydrogen (secondary N) is 1. The van der Waals surface area contributed by atoms with Gasteiger partial charge in [0.1, 0.15) is 13.2 Å². The first-order valence-electron chi connectivity index (χ1n) is 5.61. The summed E-state index contributed by atoms with van der Waals surface area (Å²) in [6.45, 7) is 1.16. The van der Waals surface area contributed by atoms with E-state index in [2.05, 4.69) is 10.1 Å². The molecule has 0 atom stereocenters. The summed E-state index contributed by atoms with van der Waals surface area (Å²) < 4.78 is 22.2. The van der Waals surface area contributed by atoms with Crippen LogP contribution >= 0.6 is 7.75 Å². The topological polar surface area (TPSA) is 104 Å². The lowest BCUT2D eigenvalue weighted by atomic mass is 10.1. The Morgan fingerprint density at radius 3 is 2.58 bits per heavy atom. The van der Waals surface area contributed by atoms with Crippen LogP contribution in [0.4, 0.5) is 0 Å². The molecule has 1 saturated heterocycles. The second-order valence-electron chi connectivity index (χ2n) is 4.49. The third-order valence-electron chi connectivity index (χ3n) is 2.76. The molecule has 2 heterocycles. The van der Waals surface area contributed by atoms with Gasteiger partial charge >= 0.3 is 7.75 Å². The summed E-state index contributed by atoms with van der Waals surface area (Å²) in [6.07, 6.45) is 3.22. The molecule has 1 aliphatic rings. The van der Waals surface area contributed by atoms with Crippen molar-refractivity contribution < 1.29 is 18.5 Å². The highest BCUT2D eigenvalue weighted by Crippen LogP contribution is 2.48. The van der Waals surface area contributed by atoms with Crippen LogP contribution in [-0.2, 0) is 20.2 Å². The van der Waals surface area contributed by atoms with Crippen molar-refractivity contribution in [2.24, 2.45) is 0 Å². The summed E-state index contributed by atoms with van der Waals surface area (Å²) in [5, 5.41) is 13.4. The van der Waals surface area contributed by atoms with Gasteiger partial charge in [-0.05, 0) is 17.7 Å². The molecule has 9 heteroatoms. The summed E-state index contributed by atoms with van der Waals surface area (Å²) in [4.78, 5) is 14.2. The van der Waals surface area contributed by atoms with Crippen molar-refractivity contribution >= 4 is 7.75 Å². The molecule has 19 heavy (non-hydrogen) atoms. The van der Waals surface area contributed by atoms with E-state index in [0.29, 0.717) is 0 Å². The third-order valence-corrected chi connectivity index (χ3v) is 4.24. The van der Waals surface area contributed by atoms with E-state index < -0.39 is 18.2 Å². The molecule has 0 aromatic carbocycles. The molecule has 0 aliphatic carbocycles. The Morgan fingerprint density at radius 2 is 2.05 bits per heavy atom. The van der Waals surface area contributed by atoms with Gasteiger partial charge in [-0.15, -0.1) is 0 Å². The maximum absolute atomic E-state index is 12.1. The number of rotatable bonds is 4. The number of nitro groups is 1. The summed E-state index contributed by atoms with van der Waals surface area (Å²) in [5.74, 6) is 0. The summed E-state index contributed by atoms with van der Waals surface area (Å²) in [7, 11) is -3.47. The largest absolute Gasteiger partial charge is 0.406 e. The van der Waals surface area contributed by atoms with Crippen LogP contribution in [-0.4, -0.2) is 28.7 Å². The average Bonchev–Trinajstić information content (AvgIpc) is 2.42. The molecule has 0 saturated carbocycles. The van der Waals surface area contributed by atoms with Gasteiger partial charge < -0.3 is 0 Å². The Hall–Kier alpha value is -1.34. The molecule has 0 bridgehead atoms. The fourth-order valence-electron chi connectivity index (χ4n) is 1.41. The van der Waals surface area contributed by atoms with Crippen molar-refractivity contribution in [1.29, 1.82) is 0 Å². The smallest absolute Gasteiger partial charge is 0.289 e. The lowest BCUT2D eigenvalue weighted by Crippen LogP contribution is -2.47. The van der Waals surface area contributed by atoms with Crippen LogP contribution in [0.1, 0.15) is 12.5 Å². The minimum absolute atomic E-state index is 0.249. The molecule has 1 aromatic heterocycles. The van der Waals surface area contributed by atoms with Crippen molar-refractivity contribution in [2.75, 3.05) is 13.2 Å². The molecule has 104 valence electrons. The molecule has 1 N–H and O–H groups in total. The van der Waals surface area contributed by atoms with E-state index in [9.17, 15) is 14.7 Å². The van der Waals surface area contributed by atoms with Crippen LogP contribution in [0.2, 0.25) is 0 Å². The summed E-state index contributed by atoms with van der Waals surface area (Å²) >= 11 is 0. The Bertz CT molecular complexity index is 497. The first-order valence-corrected chi connectivity index (χ1v) is 7.15. The van der Waals surface area contributed by atoms with Gasteiger partial charge in [-0.2, -0.15) is 0 Å². The molecule has 0 amide bonds. The Morgan fingerprint density at radius 1 is 1.47 bits per heavy atom. The van der Waals surface area contributed by atoms with Gasteiger partial charge in [-0.25, -0.2) is 9.65 Å². The van der Waals surface area contributed by atoms with Crippen LogP contribution in [0.3, 0.4) is 0 Å². The second kappa shape index (κ2) is 5.34. The van der Waals surface area contributed by atoms with Crippen LogP contribution in [0.5, 0.6) is 0 Å². The molecule has 0 unspecified atom stereocenters. The zero-order chi connectivity index (χ0) is 13.9. The van der Waals surface area contributed by atoms with E-state index in [1.807, 2.05) is 0 Å². The maximum atomic E-state index is 12.1. The second-order valence-corrected chi connectivity index (χ2v) is 6.32. The van der Waals surface area contributed by atoms with E-state index in [1.54, 1.807) is 24.5 Å². The molecule has 2 rings (SSSR count). The number of hydrogen-bond donors (Lipinski definition) is 1. The fourth-order valence-corrected chi connectivity index (χ4v) is 2.94. The zero-order valence-corrected chi connectivity index (χ0v) is 11.2. The fraction of sp³-hybridized carbons (Fsp3) is 0.500. The van der Waals surface area contributed by atoms with Crippen molar-refractivity contribution in [3.8, 4) is 0 Å². The van der Waals surface area contributed by atoms with E-state index in [-0.39, 0.29) is 19.8 Å². The molecular weight excluding hydrogens is 273 g/mol. The SMILES string of the molecule is CC1([N+](=O)[O-])COP(=O)(NCc2ccncc2)OC1. The molecule has 8 nitrogen and oxygen atoms in total. The lowest BCUT2D eigenvalue weighted by Gasteiger charge is -2.30. The van der Waals surface area contributed by atoms with Gasteiger partial charge in [0.15, 0.2) is 0 Å². The first-order chi connectivity index (χ1) is 8.94. The van der Waals surface area contributed by atoms with Crippen molar-refractivity contribution in [1.82, 2.24) is 10.1 Å². The maximum Gasteiger partial charge on any atom is 0.406 e. The normalized spacial score (nSPS) is 31.0. The van der Waals surface area contributed by atoms with E-state index in [1.165, 1.54) is 6.92 Å². The van der Waals surface area contributed by atoms with Crippen LogP contribution in [0, 0.1) is 10.1 Å². The average molecular weight is 287 g/mol. The molecule has 1 aliphatic heterocycles. The monoisotopic (exact) mass is 287 g/mol. The van der Waals surface area contributed by atoms with Gasteiger partial charge in [0.05, 0.1) is 0 Å². The number of aromatic nitrogens is 1. The van der Waals surface area contributed by atoms with E-state index >= 15 is 0 Å². The predicted molar refractivity (Wildman–Crippen MR) is 66.0 cm³/mol. The highest BCUT2D eigenvalue weighted by atomic mass is 31.2. The van der Waals surface area contributed by atoms with E-state index in [4.69, 9.17) is 9.05 Å². The van der Waals surface area contributed by atoms with Gasteiger partial charge in [-0.1, -0.05) is 0 Å². The van der Waals surface area contributed by atoms with Crippen LogP contribution in [0.25, 0.3) is 0 Å². The number of pyridine rings is 1. The number of nitrogens with zero attached hydrogens (tertiary/aromatic N) is 2. The molecule has 1 aromatic rings. The standard InChI is InChI=1S/C10H14N3O5P/c1-10(13(14)15)7-17-19(16,18-8-10)12-6-9-2-4-11-5-3-9/h2-5H,6-8H2,1H3,(H,12,16). The van der Waals surface area contributed by atoms with Crippen LogP contribution in [0.15, 0.2) is 24.5 Å². The Balaban J connectivity index is 1.92. The van der Waals surface area contributed by atoms with Gasteiger partial charge in [0.25, 0.3) is 5.54 Å². The first kappa shape index (κ1) is 14.1. The molecular formula is C10H14N3O5P. The van der Waals surface area contributed by atoms with Crippen molar-refractivity contribution in [3.63, 3.8) is 0 Å². The minimum Gasteiger partial charge on any atom is -0.289 e. The highest BCUT2D eigenvalue weighted by molar-refractivity contribution is 7.51. The van der Waals surface area contributed by atoms with Crippen molar-refractivity contribution in [3.05, 3.63) is 40.2 Å². The lowest BCUT2D eigenvalue weighted by molar-refractivity contribution is -0.573. The third kappa shape index (κ3) is 3.36. The molecule has 0 spiro atoms. The quantitative estimate of drug-likeness (QED) is 0.506. The van der Waals surface area contributed by atoms with Gasteiger partial charge in [0, 0.05) is 30.8 Å². The van der Waals surface area contributed by atoms with Gasteiger partial charge in [-0.3, -0.25) is 24.1 Å². The van der Waals surface area contributed by atoms with E-state index in [0.717, 1.165) is 5.56 Å². The minimum atomic E-state index is -3.47. The molecule has 1 fully saturated rings. The van der Waals surface area contributed by atoms with Crippen LogP contribution < -0.4 is 5.09 Å². The zero-order valence-electron chi connectivity index (χ0n) is 10.3. The highest BCUT2D eigenvalue weighted by Gasteiger charge is 2.47. The molecule has 0 radical (unpaired) electrons. The summed E-state index contributed by atoms with van der Waals surface area (Å²) in [5.41, 5.74) is -0.494.